The number of aliphatic hydroxyl groups is 1. The van der Waals surface area contributed by atoms with Crippen LogP contribution in [-0.2, 0) is 16.4 Å². The number of rotatable bonds is 6. The quantitative estimate of drug-likeness (QED) is 0.390. The van der Waals surface area contributed by atoms with Gasteiger partial charge in [-0.2, -0.15) is 4.37 Å². The zero-order valence-corrected chi connectivity index (χ0v) is 21.4. The molecule has 1 fully saturated rings. The second kappa shape index (κ2) is 9.30. The first kappa shape index (κ1) is 23.9. The van der Waals surface area contributed by atoms with Crippen molar-refractivity contribution in [1.82, 2.24) is 14.3 Å². The highest BCUT2D eigenvalue weighted by Gasteiger charge is 2.35. The number of hydrogen-bond acceptors (Lipinski definition) is 8. The molecule has 5 rings (SSSR count). The lowest BCUT2D eigenvalue weighted by molar-refractivity contribution is -0.0163. The molecule has 0 saturated carbocycles. The molecule has 0 atom stereocenters. The first-order chi connectivity index (χ1) is 16.7. The number of thiazole rings is 1. The molecule has 1 amide bonds. The highest BCUT2D eigenvalue weighted by Crippen LogP contribution is 2.29. The van der Waals surface area contributed by atoms with Crippen LogP contribution in [0, 0.1) is 6.92 Å². The Morgan fingerprint density at radius 1 is 1.17 bits per heavy atom. The molecule has 0 aliphatic carbocycles. The van der Waals surface area contributed by atoms with Gasteiger partial charge in [0, 0.05) is 36.1 Å². The molecule has 0 unspecified atom stereocenters. The second-order valence-electron chi connectivity index (χ2n) is 8.76. The standard InChI is InChI=1S/C24H24N4O4S3/c1-16-18(14-34-26-16)13-24(30)9-11-28(12-10-24)23(29)17-5-7-19(8-6-17)27-35(31,32)21-4-2-3-20-22(21)25-15-33-20/h2-8,14-15,27,30H,9-13H2,1H3. The third-order valence-corrected chi connectivity index (χ3v) is 9.32. The molecule has 8 nitrogen and oxygen atoms in total. The minimum atomic E-state index is -3.83. The molecule has 182 valence electrons. The Bertz CT molecular complexity index is 1470. The van der Waals surface area contributed by atoms with E-state index in [4.69, 9.17) is 0 Å². The lowest BCUT2D eigenvalue weighted by Gasteiger charge is -2.38. The van der Waals surface area contributed by atoms with Crippen LogP contribution in [-0.4, -0.2) is 52.4 Å². The number of anilines is 1. The maximum Gasteiger partial charge on any atom is 0.264 e. The molecule has 2 aromatic carbocycles. The molecule has 1 aliphatic heterocycles. The molecular formula is C24H24N4O4S3. The van der Waals surface area contributed by atoms with Crippen molar-refractivity contribution in [3.8, 4) is 0 Å². The van der Waals surface area contributed by atoms with Gasteiger partial charge in [0.2, 0.25) is 0 Å². The topological polar surface area (TPSA) is 112 Å². The van der Waals surface area contributed by atoms with Gasteiger partial charge in [-0.05, 0) is 73.3 Å². The summed E-state index contributed by atoms with van der Waals surface area (Å²) in [4.78, 5) is 19.0. The van der Waals surface area contributed by atoms with Crippen molar-refractivity contribution in [2.45, 2.75) is 36.7 Å². The van der Waals surface area contributed by atoms with Crippen molar-refractivity contribution in [1.29, 1.82) is 0 Å². The number of piperidine rings is 1. The second-order valence-corrected chi connectivity index (χ2v) is 11.9. The number of nitrogens with zero attached hydrogens (tertiary/aromatic N) is 3. The van der Waals surface area contributed by atoms with E-state index in [0.717, 1.165) is 16.0 Å². The van der Waals surface area contributed by atoms with Gasteiger partial charge in [0.1, 0.15) is 10.4 Å². The number of sulfonamides is 1. The fourth-order valence-electron chi connectivity index (χ4n) is 4.29. The molecule has 2 N–H and O–H groups in total. The molecule has 35 heavy (non-hydrogen) atoms. The van der Waals surface area contributed by atoms with Gasteiger partial charge in [0.05, 0.1) is 21.5 Å². The fraction of sp³-hybridized carbons (Fsp3) is 0.292. The predicted octanol–water partition coefficient (Wildman–Crippen LogP) is 4.07. The first-order valence-corrected chi connectivity index (χ1v) is 14.3. The van der Waals surface area contributed by atoms with Gasteiger partial charge in [0.15, 0.2) is 0 Å². The number of para-hydroxylation sites is 1. The predicted molar refractivity (Wildman–Crippen MR) is 138 cm³/mol. The summed E-state index contributed by atoms with van der Waals surface area (Å²) >= 11 is 2.77. The van der Waals surface area contributed by atoms with E-state index in [0.29, 0.717) is 49.1 Å². The molecule has 4 aromatic rings. The lowest BCUT2D eigenvalue weighted by Crippen LogP contribution is -2.47. The zero-order valence-electron chi connectivity index (χ0n) is 19.0. The van der Waals surface area contributed by atoms with Crippen LogP contribution >= 0.6 is 22.9 Å². The fourth-order valence-corrected chi connectivity index (χ4v) is 7.00. The van der Waals surface area contributed by atoms with Gasteiger partial charge in [-0.15, -0.1) is 11.3 Å². The summed E-state index contributed by atoms with van der Waals surface area (Å²) in [6.07, 6.45) is 1.53. The molecule has 1 saturated heterocycles. The number of hydrogen-bond donors (Lipinski definition) is 2. The Hall–Kier alpha value is -2.86. The Labute approximate surface area is 211 Å². The van der Waals surface area contributed by atoms with E-state index in [2.05, 4.69) is 14.1 Å². The van der Waals surface area contributed by atoms with Crippen LogP contribution < -0.4 is 4.72 Å². The smallest absolute Gasteiger partial charge is 0.264 e. The van der Waals surface area contributed by atoms with Gasteiger partial charge in [-0.3, -0.25) is 9.52 Å². The minimum absolute atomic E-state index is 0.116. The van der Waals surface area contributed by atoms with E-state index in [9.17, 15) is 18.3 Å². The Balaban J connectivity index is 1.23. The molecular weight excluding hydrogens is 504 g/mol. The summed E-state index contributed by atoms with van der Waals surface area (Å²) < 4.78 is 33.5. The molecule has 0 spiro atoms. The summed E-state index contributed by atoms with van der Waals surface area (Å²) in [6, 6.07) is 11.4. The minimum Gasteiger partial charge on any atom is -0.389 e. The van der Waals surface area contributed by atoms with Gasteiger partial charge < -0.3 is 10.0 Å². The van der Waals surface area contributed by atoms with Gasteiger partial charge in [0.25, 0.3) is 15.9 Å². The van der Waals surface area contributed by atoms with Crippen molar-refractivity contribution in [2.75, 3.05) is 17.8 Å². The summed E-state index contributed by atoms with van der Waals surface area (Å²) in [5, 5.41) is 13.0. The molecule has 1 aliphatic rings. The monoisotopic (exact) mass is 528 g/mol. The van der Waals surface area contributed by atoms with E-state index < -0.39 is 15.6 Å². The lowest BCUT2D eigenvalue weighted by atomic mass is 9.85. The van der Waals surface area contributed by atoms with Crippen molar-refractivity contribution < 1.29 is 18.3 Å². The molecule has 0 bridgehead atoms. The van der Waals surface area contributed by atoms with E-state index in [1.807, 2.05) is 18.4 Å². The van der Waals surface area contributed by atoms with Crippen LogP contribution in [0.4, 0.5) is 5.69 Å². The van der Waals surface area contributed by atoms with Gasteiger partial charge in [-0.1, -0.05) is 6.07 Å². The number of fused-ring (bicyclic) bond motifs is 1. The Kier molecular flexibility index (Phi) is 6.34. The van der Waals surface area contributed by atoms with E-state index in [1.54, 1.807) is 40.7 Å². The zero-order chi connectivity index (χ0) is 24.6. The largest absolute Gasteiger partial charge is 0.389 e. The number of nitrogens with one attached hydrogen (secondary N) is 1. The van der Waals surface area contributed by atoms with Crippen molar-refractivity contribution in [3.63, 3.8) is 0 Å². The van der Waals surface area contributed by atoms with Crippen molar-refractivity contribution >= 4 is 54.7 Å². The van der Waals surface area contributed by atoms with E-state index >= 15 is 0 Å². The summed E-state index contributed by atoms with van der Waals surface area (Å²) in [5.74, 6) is -0.137. The summed E-state index contributed by atoms with van der Waals surface area (Å²) in [5.41, 5.74) is 4.05. The number of carbonyl (C=O) groups is 1. The number of aromatic nitrogens is 2. The summed E-state index contributed by atoms with van der Waals surface area (Å²) in [7, 11) is -3.83. The normalized spacial score (nSPS) is 15.9. The number of likely N-dealkylation sites (tertiary alicyclic amines) is 1. The maximum absolute atomic E-state index is 13.0. The average molecular weight is 529 g/mol. The Morgan fingerprint density at radius 2 is 1.91 bits per heavy atom. The summed E-state index contributed by atoms with van der Waals surface area (Å²) in [6.45, 7) is 2.85. The number of carbonyl (C=O) groups excluding carboxylic acids is 1. The van der Waals surface area contributed by atoms with Crippen molar-refractivity contribution in [2.24, 2.45) is 0 Å². The highest BCUT2D eigenvalue weighted by molar-refractivity contribution is 7.93. The van der Waals surface area contributed by atoms with Crippen LogP contribution in [0.2, 0.25) is 0 Å². The van der Waals surface area contributed by atoms with Gasteiger partial charge in [-0.25, -0.2) is 13.4 Å². The van der Waals surface area contributed by atoms with Crippen LogP contribution in [0.5, 0.6) is 0 Å². The van der Waals surface area contributed by atoms with Crippen LogP contribution in [0.25, 0.3) is 10.2 Å². The van der Waals surface area contributed by atoms with E-state index in [1.165, 1.54) is 28.9 Å². The molecule has 2 aromatic heterocycles. The highest BCUT2D eigenvalue weighted by atomic mass is 32.2. The molecule has 0 radical (unpaired) electrons. The maximum atomic E-state index is 13.0. The molecule has 11 heteroatoms. The van der Waals surface area contributed by atoms with E-state index in [-0.39, 0.29) is 10.8 Å². The average Bonchev–Trinajstić information content (AvgIpc) is 3.48. The number of aryl methyl sites for hydroxylation is 1. The SMILES string of the molecule is Cc1nscc1CC1(O)CCN(C(=O)c2ccc(NS(=O)(=O)c3cccc4scnc34)cc2)CC1. The third kappa shape index (κ3) is 4.94. The Morgan fingerprint density at radius 3 is 2.60 bits per heavy atom. The molecule has 3 heterocycles. The van der Waals surface area contributed by atoms with Crippen LogP contribution in [0.3, 0.4) is 0 Å². The number of amides is 1. The van der Waals surface area contributed by atoms with Crippen LogP contribution in [0.1, 0.15) is 34.5 Å². The van der Waals surface area contributed by atoms with Gasteiger partial charge >= 0.3 is 0 Å². The van der Waals surface area contributed by atoms with Crippen LogP contribution in [0.15, 0.2) is 58.3 Å². The first-order valence-electron chi connectivity index (χ1n) is 11.1. The number of benzene rings is 2. The van der Waals surface area contributed by atoms with Crippen molar-refractivity contribution in [3.05, 3.63) is 70.2 Å². The third-order valence-electron chi connectivity index (χ3n) is 6.35.